The molecule has 4 heteroatoms. The number of ketones is 1. The van der Waals surface area contributed by atoms with E-state index < -0.39 is 5.97 Å². The summed E-state index contributed by atoms with van der Waals surface area (Å²) in [5, 5.41) is 9.38. The van der Waals surface area contributed by atoms with E-state index in [9.17, 15) is 14.7 Å². The van der Waals surface area contributed by atoms with E-state index in [-0.39, 0.29) is 33.1 Å². The molecule has 1 aromatic carbocycles. The van der Waals surface area contributed by atoms with Gasteiger partial charge in [0.1, 0.15) is 5.78 Å². The Hall–Kier alpha value is -1.94. The van der Waals surface area contributed by atoms with Gasteiger partial charge < -0.3 is 10.8 Å². The van der Waals surface area contributed by atoms with Gasteiger partial charge in [0.05, 0.1) is 5.56 Å². The highest BCUT2D eigenvalue weighted by Gasteiger charge is 2.70. The molecule has 4 saturated carbocycles. The summed E-state index contributed by atoms with van der Waals surface area (Å²) >= 11 is 0. The number of nitrogens with two attached hydrogens (primary N) is 1. The predicted molar refractivity (Wildman–Crippen MR) is 156 cm³/mol. The zero-order valence-corrected chi connectivity index (χ0v) is 25.0. The van der Waals surface area contributed by atoms with Crippen molar-refractivity contribution in [3.05, 3.63) is 41.5 Å². The Labute approximate surface area is 235 Å². The van der Waals surface area contributed by atoms with Crippen molar-refractivity contribution in [3.63, 3.8) is 0 Å². The van der Waals surface area contributed by atoms with Crippen LogP contribution in [0.5, 0.6) is 0 Å². The molecule has 1 aromatic rings. The van der Waals surface area contributed by atoms with Crippen LogP contribution in [0.2, 0.25) is 0 Å². The molecule has 0 amide bonds. The number of aromatic carboxylic acids is 1. The van der Waals surface area contributed by atoms with Crippen LogP contribution >= 0.6 is 0 Å². The Morgan fingerprint density at radius 2 is 1.54 bits per heavy atom. The van der Waals surface area contributed by atoms with E-state index in [1.165, 1.54) is 43.2 Å². The Morgan fingerprint density at radius 1 is 0.846 bits per heavy atom. The molecule has 3 N–H and O–H groups in total. The van der Waals surface area contributed by atoms with Crippen LogP contribution in [0.15, 0.2) is 30.3 Å². The number of carboxylic acids is 1. The van der Waals surface area contributed by atoms with Crippen LogP contribution in [-0.2, 0) is 4.79 Å². The molecule has 0 spiro atoms. The average Bonchev–Trinajstić information content (AvgIpc) is 3.22. The zero-order chi connectivity index (χ0) is 28.2. The molecule has 212 valence electrons. The molecule has 0 saturated heterocycles. The smallest absolute Gasteiger partial charge is 0.335 e. The topological polar surface area (TPSA) is 80.4 Å². The number of carboxylic acid groups (broad SMARTS) is 1. The molecule has 0 radical (unpaired) electrons. The standard InChI is InChI=1S/C35H49NO3/c1-21(37)24-13-18-35(36)20-19-33(5)26(29(24)35)11-12-28-32(4)16-14-25(22-7-9-23(10-8-22)30(38)39)31(2,3)27(32)15-17-34(28,33)6/h7-10,14,24,26-29H,11-13,15-20,36H2,1-6H3,(H,38,39). The van der Waals surface area contributed by atoms with Gasteiger partial charge in [-0.05, 0) is 133 Å². The van der Waals surface area contributed by atoms with Crippen molar-refractivity contribution in [1.82, 2.24) is 0 Å². The van der Waals surface area contributed by atoms with Crippen molar-refractivity contribution in [2.45, 2.75) is 105 Å². The molecule has 4 nitrogen and oxygen atoms in total. The molecule has 9 atom stereocenters. The summed E-state index contributed by atoms with van der Waals surface area (Å²) in [4.78, 5) is 24.2. The maximum Gasteiger partial charge on any atom is 0.335 e. The SMILES string of the molecule is CC(=O)C1CCC2(N)CCC3(C)C(CCC4C5(C)CC=C(c6ccc(C(=O)O)cc6)C(C)(C)C5CCC43C)C12. The fraction of sp³-hybridized carbons (Fsp3) is 0.714. The highest BCUT2D eigenvalue weighted by Crippen LogP contribution is 2.76. The number of hydrogen-bond acceptors (Lipinski definition) is 3. The van der Waals surface area contributed by atoms with Crippen molar-refractivity contribution in [2.75, 3.05) is 0 Å². The zero-order valence-electron chi connectivity index (χ0n) is 25.0. The van der Waals surface area contributed by atoms with Crippen LogP contribution in [0.25, 0.3) is 5.57 Å². The van der Waals surface area contributed by atoms with Gasteiger partial charge in [-0.3, -0.25) is 4.79 Å². The third-order valence-electron chi connectivity index (χ3n) is 14.0. The molecular weight excluding hydrogens is 482 g/mol. The maximum absolute atomic E-state index is 12.8. The van der Waals surface area contributed by atoms with E-state index >= 15 is 0 Å². The van der Waals surface area contributed by atoms with E-state index in [0.717, 1.165) is 25.7 Å². The molecule has 0 heterocycles. The average molecular weight is 532 g/mol. The molecule has 0 aromatic heterocycles. The second-order valence-electron chi connectivity index (χ2n) is 15.6. The van der Waals surface area contributed by atoms with Crippen LogP contribution in [0.4, 0.5) is 0 Å². The Kier molecular flexibility index (Phi) is 5.96. The van der Waals surface area contributed by atoms with Gasteiger partial charge in [-0.15, -0.1) is 0 Å². The maximum atomic E-state index is 12.8. The molecule has 5 aliphatic rings. The number of carbonyl (C=O) groups is 2. The third-order valence-corrected chi connectivity index (χ3v) is 14.0. The minimum absolute atomic E-state index is 0.0149. The lowest BCUT2D eigenvalue weighted by molar-refractivity contribution is -0.218. The van der Waals surface area contributed by atoms with Crippen molar-refractivity contribution < 1.29 is 14.7 Å². The van der Waals surface area contributed by atoms with Crippen molar-refractivity contribution in [2.24, 2.45) is 57.0 Å². The van der Waals surface area contributed by atoms with Gasteiger partial charge >= 0.3 is 5.97 Å². The predicted octanol–water partition coefficient (Wildman–Crippen LogP) is 7.76. The normalized spacial score (nSPS) is 46.2. The van der Waals surface area contributed by atoms with Crippen LogP contribution in [0.3, 0.4) is 0 Å². The quantitative estimate of drug-likeness (QED) is 0.418. The van der Waals surface area contributed by atoms with Gasteiger partial charge in [-0.25, -0.2) is 4.79 Å². The Bertz CT molecular complexity index is 1230. The van der Waals surface area contributed by atoms with E-state index in [1.54, 1.807) is 12.1 Å². The van der Waals surface area contributed by atoms with E-state index in [1.807, 2.05) is 19.1 Å². The van der Waals surface area contributed by atoms with E-state index in [2.05, 4.69) is 40.7 Å². The fourth-order valence-corrected chi connectivity index (χ4v) is 12.0. The second kappa shape index (κ2) is 8.54. The summed E-state index contributed by atoms with van der Waals surface area (Å²) in [6.45, 7) is 14.5. The van der Waals surface area contributed by atoms with E-state index in [0.29, 0.717) is 35.0 Å². The lowest BCUT2D eigenvalue weighted by Crippen LogP contribution is -2.67. The lowest BCUT2D eigenvalue weighted by atomic mass is 9.33. The first-order chi connectivity index (χ1) is 18.2. The number of rotatable bonds is 3. The Balaban J connectivity index is 1.36. The van der Waals surface area contributed by atoms with Crippen LogP contribution in [0, 0.1) is 51.2 Å². The van der Waals surface area contributed by atoms with Crippen molar-refractivity contribution in [1.29, 1.82) is 0 Å². The molecule has 4 fully saturated rings. The summed E-state index contributed by atoms with van der Waals surface area (Å²) < 4.78 is 0. The molecule has 39 heavy (non-hydrogen) atoms. The molecule has 0 aliphatic heterocycles. The van der Waals surface area contributed by atoms with Crippen LogP contribution < -0.4 is 5.73 Å². The van der Waals surface area contributed by atoms with Crippen LogP contribution in [-0.4, -0.2) is 22.4 Å². The van der Waals surface area contributed by atoms with Crippen molar-refractivity contribution >= 4 is 17.3 Å². The number of allylic oxidation sites excluding steroid dienone is 2. The first kappa shape index (κ1) is 27.2. The summed E-state index contributed by atoms with van der Waals surface area (Å²) in [6.07, 6.45) is 12.8. The van der Waals surface area contributed by atoms with Gasteiger partial charge in [0.2, 0.25) is 0 Å². The minimum atomic E-state index is -0.872. The van der Waals surface area contributed by atoms with Gasteiger partial charge in [0.15, 0.2) is 0 Å². The summed E-state index contributed by atoms with van der Waals surface area (Å²) in [5.41, 5.74) is 10.6. The third kappa shape index (κ3) is 3.52. The second-order valence-corrected chi connectivity index (χ2v) is 15.6. The minimum Gasteiger partial charge on any atom is -0.478 e. The fourth-order valence-electron chi connectivity index (χ4n) is 12.0. The number of fused-ring (bicyclic) bond motifs is 7. The molecular formula is C35H49NO3. The van der Waals surface area contributed by atoms with Gasteiger partial charge in [0.25, 0.3) is 0 Å². The molecule has 0 bridgehead atoms. The monoisotopic (exact) mass is 531 g/mol. The van der Waals surface area contributed by atoms with Crippen LogP contribution in [0.1, 0.15) is 115 Å². The molecule has 6 rings (SSSR count). The largest absolute Gasteiger partial charge is 0.478 e. The first-order valence-electron chi connectivity index (χ1n) is 15.5. The number of benzene rings is 1. The lowest BCUT2D eigenvalue weighted by Gasteiger charge is -2.72. The molecule has 9 unspecified atom stereocenters. The van der Waals surface area contributed by atoms with Gasteiger partial charge in [-0.2, -0.15) is 0 Å². The van der Waals surface area contributed by atoms with Gasteiger partial charge in [-0.1, -0.05) is 52.8 Å². The number of hydrogen-bond donors (Lipinski definition) is 2. The van der Waals surface area contributed by atoms with Gasteiger partial charge in [0, 0.05) is 11.5 Å². The summed E-state index contributed by atoms with van der Waals surface area (Å²) in [5.74, 6) is 1.77. The van der Waals surface area contributed by atoms with E-state index in [4.69, 9.17) is 5.73 Å². The van der Waals surface area contributed by atoms with Crippen molar-refractivity contribution in [3.8, 4) is 0 Å². The summed E-state index contributed by atoms with van der Waals surface area (Å²) in [6, 6.07) is 7.51. The highest BCUT2D eigenvalue weighted by molar-refractivity contribution is 5.88. The highest BCUT2D eigenvalue weighted by atomic mass is 16.4. The Morgan fingerprint density at radius 3 is 2.18 bits per heavy atom. The first-order valence-corrected chi connectivity index (χ1v) is 15.5. The molecule has 5 aliphatic carbocycles. The number of carbonyl (C=O) groups excluding carboxylic acids is 1. The number of Topliss-reactive ketones (excluding diaryl/α,β-unsaturated/α-hetero) is 1. The summed E-state index contributed by atoms with van der Waals surface area (Å²) in [7, 11) is 0.